The molecule has 4 nitrogen and oxygen atoms in total. The summed E-state index contributed by atoms with van der Waals surface area (Å²) >= 11 is 0. The molecule has 0 aliphatic rings. The molecule has 0 radical (unpaired) electrons. The molecule has 2 aromatic carbocycles. The van der Waals surface area contributed by atoms with Crippen LogP contribution in [0.1, 0.15) is 17.5 Å². The Kier molecular flexibility index (Phi) is 6.78. The lowest BCUT2D eigenvalue weighted by atomic mass is 10.1. The number of rotatable bonds is 9. The first kappa shape index (κ1) is 17.2. The van der Waals surface area contributed by atoms with Crippen LogP contribution in [0, 0.1) is 0 Å². The monoisotopic (exact) mass is 314 g/mol. The van der Waals surface area contributed by atoms with Crippen molar-refractivity contribution in [2.45, 2.75) is 25.6 Å². The number of methoxy groups -OCH3 is 1. The highest BCUT2D eigenvalue weighted by molar-refractivity contribution is 5.83. The first-order chi connectivity index (χ1) is 11.2. The summed E-state index contributed by atoms with van der Waals surface area (Å²) in [5, 5.41) is 9.86. The smallest absolute Gasteiger partial charge is 0.163 e. The van der Waals surface area contributed by atoms with Crippen LogP contribution in [-0.4, -0.2) is 30.7 Å². The highest BCUT2D eigenvalue weighted by Crippen LogP contribution is 2.12. The van der Waals surface area contributed by atoms with Gasteiger partial charge in [-0.15, -0.1) is 0 Å². The molecular weight excluding hydrogens is 292 g/mol. The zero-order valence-electron chi connectivity index (χ0n) is 13.3. The Hall–Kier alpha value is -2.17. The topological polar surface area (TPSA) is 55.8 Å². The number of ether oxygens (including phenoxy) is 2. The Morgan fingerprint density at radius 3 is 2.39 bits per heavy atom. The van der Waals surface area contributed by atoms with E-state index in [1.807, 2.05) is 54.6 Å². The predicted octanol–water partition coefficient (Wildman–Crippen LogP) is 2.77. The van der Waals surface area contributed by atoms with Crippen LogP contribution in [0.25, 0.3) is 0 Å². The van der Waals surface area contributed by atoms with Crippen molar-refractivity contribution in [1.29, 1.82) is 0 Å². The van der Waals surface area contributed by atoms with E-state index in [9.17, 15) is 9.90 Å². The lowest BCUT2D eigenvalue weighted by Crippen LogP contribution is -2.26. The molecular formula is C19H22O4. The molecule has 0 saturated carbocycles. The van der Waals surface area contributed by atoms with Crippen molar-refractivity contribution in [1.82, 2.24) is 0 Å². The van der Waals surface area contributed by atoms with Gasteiger partial charge < -0.3 is 14.6 Å². The quantitative estimate of drug-likeness (QED) is 0.773. The molecule has 0 aromatic heterocycles. The summed E-state index contributed by atoms with van der Waals surface area (Å²) in [6.07, 6.45) is -0.122. The minimum atomic E-state index is -1.07. The summed E-state index contributed by atoms with van der Waals surface area (Å²) in [6.45, 7) is 0.368. The number of aliphatic hydroxyl groups is 1. The minimum absolute atomic E-state index is 0.0135. The van der Waals surface area contributed by atoms with Gasteiger partial charge in [0.1, 0.15) is 11.9 Å². The number of aliphatic hydroxyl groups excluding tert-OH is 1. The number of Topliss-reactive ketones (excluding diaryl/α,β-unsaturated/α-hetero) is 1. The minimum Gasteiger partial charge on any atom is -0.497 e. The number of hydrogen-bond acceptors (Lipinski definition) is 4. The number of ketones is 1. The van der Waals surface area contributed by atoms with Gasteiger partial charge in [-0.2, -0.15) is 0 Å². The van der Waals surface area contributed by atoms with E-state index in [0.29, 0.717) is 19.4 Å². The average Bonchev–Trinajstić information content (AvgIpc) is 2.61. The molecule has 0 aliphatic heterocycles. The van der Waals surface area contributed by atoms with Gasteiger partial charge in [0.25, 0.3) is 0 Å². The Labute approximate surface area is 136 Å². The van der Waals surface area contributed by atoms with E-state index in [0.717, 1.165) is 16.9 Å². The second-order valence-electron chi connectivity index (χ2n) is 5.33. The number of benzene rings is 2. The first-order valence-electron chi connectivity index (χ1n) is 7.64. The molecule has 4 heteroatoms. The third-order valence-corrected chi connectivity index (χ3v) is 3.58. The third-order valence-electron chi connectivity index (χ3n) is 3.58. The molecule has 0 bridgehead atoms. The van der Waals surface area contributed by atoms with Gasteiger partial charge >= 0.3 is 0 Å². The van der Waals surface area contributed by atoms with Gasteiger partial charge in [-0.3, -0.25) is 4.79 Å². The second kappa shape index (κ2) is 9.08. The van der Waals surface area contributed by atoms with Crippen LogP contribution in [0.3, 0.4) is 0 Å². The Balaban J connectivity index is 1.69. The number of carbonyl (C=O) groups is 1. The average molecular weight is 314 g/mol. The van der Waals surface area contributed by atoms with Crippen LogP contribution >= 0.6 is 0 Å². The van der Waals surface area contributed by atoms with Crippen LogP contribution < -0.4 is 4.74 Å². The van der Waals surface area contributed by atoms with Gasteiger partial charge in [-0.1, -0.05) is 42.5 Å². The highest BCUT2D eigenvalue weighted by atomic mass is 16.5. The molecule has 2 rings (SSSR count). The van der Waals surface area contributed by atoms with E-state index in [1.54, 1.807) is 7.11 Å². The predicted molar refractivity (Wildman–Crippen MR) is 88.4 cm³/mol. The Morgan fingerprint density at radius 2 is 1.74 bits per heavy atom. The molecule has 0 spiro atoms. The zero-order chi connectivity index (χ0) is 16.5. The van der Waals surface area contributed by atoms with Gasteiger partial charge in [0, 0.05) is 6.42 Å². The Morgan fingerprint density at radius 1 is 1.04 bits per heavy atom. The van der Waals surface area contributed by atoms with Gasteiger partial charge in [-0.25, -0.2) is 0 Å². The van der Waals surface area contributed by atoms with Crippen molar-refractivity contribution in [2.75, 3.05) is 13.7 Å². The Bertz CT molecular complexity index is 593. The van der Waals surface area contributed by atoms with E-state index in [1.165, 1.54) is 0 Å². The summed E-state index contributed by atoms with van der Waals surface area (Å²) in [6, 6.07) is 17.2. The molecule has 0 heterocycles. The van der Waals surface area contributed by atoms with E-state index >= 15 is 0 Å². The molecule has 1 N–H and O–H groups in total. The fraction of sp³-hybridized carbons (Fsp3) is 0.316. The van der Waals surface area contributed by atoms with Crippen molar-refractivity contribution < 1.29 is 19.4 Å². The molecule has 0 saturated heterocycles. The molecule has 1 atom stereocenters. The van der Waals surface area contributed by atoms with Gasteiger partial charge in [0.2, 0.25) is 0 Å². The van der Waals surface area contributed by atoms with Crippen molar-refractivity contribution in [3.63, 3.8) is 0 Å². The largest absolute Gasteiger partial charge is 0.497 e. The maximum Gasteiger partial charge on any atom is 0.163 e. The molecule has 122 valence electrons. The van der Waals surface area contributed by atoms with E-state index in [2.05, 4.69) is 0 Å². The molecule has 23 heavy (non-hydrogen) atoms. The van der Waals surface area contributed by atoms with Gasteiger partial charge in [-0.05, 0) is 29.7 Å². The second-order valence-corrected chi connectivity index (χ2v) is 5.33. The van der Waals surface area contributed by atoms with E-state index in [-0.39, 0.29) is 12.4 Å². The summed E-state index contributed by atoms with van der Waals surface area (Å²) < 4.78 is 10.5. The molecule has 0 amide bonds. The van der Waals surface area contributed by atoms with Crippen molar-refractivity contribution in [2.24, 2.45) is 0 Å². The number of hydrogen-bond donors (Lipinski definition) is 1. The van der Waals surface area contributed by atoms with Crippen LogP contribution in [0.4, 0.5) is 0 Å². The molecule has 2 aromatic rings. The van der Waals surface area contributed by atoms with Gasteiger partial charge in [0.05, 0.1) is 20.3 Å². The number of aryl methyl sites for hydroxylation is 1. The van der Waals surface area contributed by atoms with Gasteiger partial charge in [0.15, 0.2) is 5.78 Å². The molecule has 0 aliphatic carbocycles. The zero-order valence-corrected chi connectivity index (χ0v) is 13.3. The maximum absolute atomic E-state index is 11.9. The van der Waals surface area contributed by atoms with Crippen LogP contribution in [0.2, 0.25) is 0 Å². The van der Waals surface area contributed by atoms with Crippen molar-refractivity contribution in [3.8, 4) is 5.75 Å². The first-order valence-corrected chi connectivity index (χ1v) is 7.64. The van der Waals surface area contributed by atoms with Crippen LogP contribution in [0.15, 0.2) is 54.6 Å². The molecule has 0 fully saturated rings. The van der Waals surface area contributed by atoms with E-state index in [4.69, 9.17) is 9.47 Å². The summed E-state index contributed by atoms with van der Waals surface area (Å²) in [5.74, 6) is 0.591. The molecule has 0 unspecified atom stereocenters. The standard InChI is InChI=1S/C19H22O4/c1-22-17-10-7-16(8-11-17)13-23-14-19(21)18(20)12-9-15-5-3-2-4-6-15/h2-8,10-11,19,21H,9,12-14H2,1H3/t19-/m0/s1. The third kappa shape index (κ3) is 5.85. The normalized spacial score (nSPS) is 11.9. The van der Waals surface area contributed by atoms with Crippen molar-refractivity contribution >= 4 is 5.78 Å². The lowest BCUT2D eigenvalue weighted by Gasteiger charge is -2.11. The van der Waals surface area contributed by atoms with Crippen LogP contribution in [0.5, 0.6) is 5.75 Å². The number of carbonyl (C=O) groups excluding carboxylic acids is 1. The summed E-state index contributed by atoms with van der Waals surface area (Å²) in [5.41, 5.74) is 2.06. The maximum atomic E-state index is 11.9. The van der Waals surface area contributed by atoms with E-state index < -0.39 is 6.10 Å². The fourth-order valence-electron chi connectivity index (χ4n) is 2.18. The SMILES string of the molecule is COc1ccc(COC[C@H](O)C(=O)CCc2ccccc2)cc1. The lowest BCUT2D eigenvalue weighted by molar-refractivity contribution is -0.130. The highest BCUT2D eigenvalue weighted by Gasteiger charge is 2.15. The fourth-order valence-corrected chi connectivity index (χ4v) is 2.18. The summed E-state index contributed by atoms with van der Waals surface area (Å²) in [7, 11) is 1.61. The van der Waals surface area contributed by atoms with Crippen LogP contribution in [-0.2, 0) is 22.6 Å². The summed E-state index contributed by atoms with van der Waals surface area (Å²) in [4.78, 5) is 11.9. The van der Waals surface area contributed by atoms with Crippen molar-refractivity contribution in [3.05, 3.63) is 65.7 Å².